The van der Waals surface area contributed by atoms with Crippen molar-refractivity contribution in [3.05, 3.63) is 77.9 Å². The molecule has 1 saturated heterocycles. The normalized spacial score (nSPS) is 14.1. The number of amides is 1. The van der Waals surface area contributed by atoms with Gasteiger partial charge in [0.1, 0.15) is 16.4 Å². The molecule has 3 heterocycles. The zero-order chi connectivity index (χ0) is 18.9. The fourth-order valence-electron chi connectivity index (χ4n) is 3.23. The average molecular weight is 387 g/mol. The Labute approximate surface area is 166 Å². The molecule has 6 nitrogen and oxygen atoms in total. The number of hydrogen-bond acceptors (Lipinski definition) is 5. The van der Waals surface area contributed by atoms with E-state index in [1.54, 1.807) is 4.90 Å². The van der Waals surface area contributed by atoms with Crippen LogP contribution >= 0.6 is 11.3 Å². The molecule has 138 valence electrons. The lowest BCUT2D eigenvalue weighted by atomic mass is 10.1. The van der Waals surface area contributed by atoms with E-state index in [0.717, 1.165) is 21.8 Å². The molecule has 1 aliphatic rings. The van der Waals surface area contributed by atoms with Crippen LogP contribution in [0.2, 0.25) is 0 Å². The summed E-state index contributed by atoms with van der Waals surface area (Å²) in [6, 6.07) is 20.0. The molecule has 0 unspecified atom stereocenters. The summed E-state index contributed by atoms with van der Waals surface area (Å²) in [5.74, 6) is -0.0296. The number of rotatable bonds is 4. The molecule has 28 heavy (non-hydrogen) atoms. The van der Waals surface area contributed by atoms with Crippen molar-refractivity contribution < 1.29 is 4.79 Å². The Morgan fingerprint density at radius 2 is 1.64 bits per heavy atom. The fraction of sp³-hybridized carbons (Fsp3) is 0.143. The quantitative estimate of drug-likeness (QED) is 0.535. The van der Waals surface area contributed by atoms with Crippen LogP contribution in [-0.2, 0) is 0 Å². The zero-order valence-electron chi connectivity index (χ0n) is 15.0. The lowest BCUT2D eigenvalue weighted by Crippen LogP contribution is -2.51. The molecule has 7 heteroatoms. The molecule has 0 atom stereocenters. The first-order valence-electron chi connectivity index (χ1n) is 9.05. The van der Waals surface area contributed by atoms with Crippen molar-refractivity contribution in [2.24, 2.45) is 0 Å². The first-order valence-corrected chi connectivity index (χ1v) is 9.93. The third kappa shape index (κ3) is 3.10. The third-order valence-electron chi connectivity index (χ3n) is 4.85. The van der Waals surface area contributed by atoms with Crippen molar-refractivity contribution in [3.8, 4) is 21.8 Å². The Morgan fingerprint density at radius 3 is 2.36 bits per heavy atom. The molecule has 2 aromatic carbocycles. The fourth-order valence-corrected chi connectivity index (χ4v) is 4.03. The summed E-state index contributed by atoms with van der Waals surface area (Å²) < 4.78 is 1.85. The third-order valence-corrected chi connectivity index (χ3v) is 5.74. The number of aromatic nitrogens is 4. The highest BCUT2D eigenvalue weighted by atomic mass is 32.1. The first-order chi connectivity index (χ1) is 13.8. The van der Waals surface area contributed by atoms with Gasteiger partial charge in [-0.05, 0) is 0 Å². The molecule has 1 aliphatic heterocycles. The lowest BCUT2D eigenvalue weighted by Gasteiger charge is -2.38. The second kappa shape index (κ2) is 7.01. The topological polar surface area (TPSA) is 63.9 Å². The monoisotopic (exact) mass is 387 g/mol. The molecule has 0 radical (unpaired) electrons. The van der Waals surface area contributed by atoms with E-state index in [1.807, 2.05) is 76.9 Å². The van der Waals surface area contributed by atoms with Crippen molar-refractivity contribution >= 4 is 17.2 Å². The predicted octanol–water partition coefficient (Wildman–Crippen LogP) is 3.77. The minimum Gasteiger partial charge on any atom is -0.333 e. The van der Waals surface area contributed by atoms with Crippen molar-refractivity contribution in [1.82, 2.24) is 24.9 Å². The van der Waals surface area contributed by atoms with E-state index in [2.05, 4.69) is 15.3 Å². The van der Waals surface area contributed by atoms with Gasteiger partial charge >= 0.3 is 0 Å². The van der Waals surface area contributed by atoms with Gasteiger partial charge in [0, 0.05) is 29.6 Å². The molecular weight excluding hydrogens is 370 g/mol. The van der Waals surface area contributed by atoms with Crippen LogP contribution in [0.15, 0.2) is 72.2 Å². The van der Waals surface area contributed by atoms with Crippen LogP contribution in [0.25, 0.3) is 21.8 Å². The zero-order valence-corrected chi connectivity index (χ0v) is 15.8. The highest BCUT2D eigenvalue weighted by Crippen LogP contribution is 2.27. The summed E-state index contributed by atoms with van der Waals surface area (Å²) in [5.41, 5.74) is 3.42. The summed E-state index contributed by atoms with van der Waals surface area (Å²) in [6.07, 6.45) is 1.94. The standard InChI is InChI=1S/C21H17N5OS/c27-21(19-14-28-20(22-19)16-9-5-2-6-10-16)25-11-17(12-25)26-13-18(23-24-26)15-7-3-1-4-8-15/h1-10,13-14,17H,11-12H2. The van der Waals surface area contributed by atoms with E-state index in [-0.39, 0.29) is 11.9 Å². The van der Waals surface area contributed by atoms with Crippen molar-refractivity contribution in [3.63, 3.8) is 0 Å². The van der Waals surface area contributed by atoms with Crippen LogP contribution in [0.1, 0.15) is 16.5 Å². The summed E-state index contributed by atoms with van der Waals surface area (Å²) in [6.45, 7) is 1.24. The van der Waals surface area contributed by atoms with Gasteiger partial charge in [-0.1, -0.05) is 65.9 Å². The lowest BCUT2D eigenvalue weighted by molar-refractivity contribution is 0.0493. The molecule has 5 rings (SSSR count). The van der Waals surface area contributed by atoms with Gasteiger partial charge in [0.15, 0.2) is 0 Å². The molecule has 4 aromatic rings. The number of carbonyl (C=O) groups excluding carboxylic acids is 1. The smallest absolute Gasteiger partial charge is 0.273 e. The van der Waals surface area contributed by atoms with Crippen LogP contribution in [-0.4, -0.2) is 43.9 Å². The van der Waals surface area contributed by atoms with Gasteiger partial charge in [-0.3, -0.25) is 4.79 Å². The van der Waals surface area contributed by atoms with Crippen molar-refractivity contribution in [2.45, 2.75) is 6.04 Å². The highest BCUT2D eigenvalue weighted by Gasteiger charge is 2.34. The Morgan fingerprint density at radius 1 is 0.964 bits per heavy atom. The molecule has 0 aliphatic carbocycles. The second-order valence-corrected chi connectivity index (χ2v) is 7.58. The maximum atomic E-state index is 12.7. The Kier molecular flexibility index (Phi) is 4.21. The number of nitrogens with zero attached hydrogens (tertiary/aromatic N) is 5. The van der Waals surface area contributed by atoms with E-state index in [1.165, 1.54) is 11.3 Å². The predicted molar refractivity (Wildman–Crippen MR) is 108 cm³/mol. The molecule has 2 aromatic heterocycles. The van der Waals surface area contributed by atoms with Gasteiger partial charge in [0.2, 0.25) is 0 Å². The van der Waals surface area contributed by atoms with Crippen LogP contribution < -0.4 is 0 Å². The van der Waals surface area contributed by atoms with Gasteiger partial charge in [0.05, 0.1) is 12.2 Å². The number of carbonyl (C=O) groups is 1. The second-order valence-electron chi connectivity index (χ2n) is 6.72. The average Bonchev–Trinajstić information content (AvgIpc) is 3.38. The molecule has 0 bridgehead atoms. The van der Waals surface area contributed by atoms with Crippen LogP contribution in [0.3, 0.4) is 0 Å². The van der Waals surface area contributed by atoms with E-state index >= 15 is 0 Å². The largest absolute Gasteiger partial charge is 0.333 e. The molecular formula is C21H17N5OS. The molecule has 1 fully saturated rings. The maximum absolute atomic E-state index is 12.7. The minimum absolute atomic E-state index is 0.0296. The Hall–Kier alpha value is -3.32. The number of thiazole rings is 1. The molecule has 0 saturated carbocycles. The van der Waals surface area contributed by atoms with Gasteiger partial charge in [-0.15, -0.1) is 16.4 Å². The number of hydrogen-bond donors (Lipinski definition) is 0. The van der Waals surface area contributed by atoms with E-state index < -0.39 is 0 Å². The SMILES string of the molecule is O=C(c1csc(-c2ccccc2)n1)N1CC(n2cc(-c3ccccc3)nn2)C1. The van der Waals surface area contributed by atoms with E-state index in [4.69, 9.17) is 0 Å². The van der Waals surface area contributed by atoms with E-state index in [0.29, 0.717) is 18.8 Å². The van der Waals surface area contributed by atoms with Crippen LogP contribution in [0, 0.1) is 0 Å². The van der Waals surface area contributed by atoms with Gasteiger partial charge in [0.25, 0.3) is 5.91 Å². The minimum atomic E-state index is -0.0296. The molecule has 1 amide bonds. The first kappa shape index (κ1) is 16.8. The maximum Gasteiger partial charge on any atom is 0.273 e. The highest BCUT2D eigenvalue weighted by molar-refractivity contribution is 7.13. The summed E-state index contributed by atoms with van der Waals surface area (Å²) in [5, 5.41) is 11.2. The number of likely N-dealkylation sites (tertiary alicyclic amines) is 1. The van der Waals surface area contributed by atoms with E-state index in [9.17, 15) is 4.79 Å². The van der Waals surface area contributed by atoms with Gasteiger partial charge < -0.3 is 4.90 Å². The number of benzene rings is 2. The Bertz CT molecular complexity index is 1100. The van der Waals surface area contributed by atoms with Crippen LogP contribution in [0.4, 0.5) is 0 Å². The van der Waals surface area contributed by atoms with Gasteiger partial charge in [-0.2, -0.15) is 0 Å². The Balaban J connectivity index is 1.24. The van der Waals surface area contributed by atoms with Crippen molar-refractivity contribution in [1.29, 1.82) is 0 Å². The summed E-state index contributed by atoms with van der Waals surface area (Å²) >= 11 is 1.49. The molecule has 0 spiro atoms. The summed E-state index contributed by atoms with van der Waals surface area (Å²) in [4.78, 5) is 19.0. The summed E-state index contributed by atoms with van der Waals surface area (Å²) in [7, 11) is 0. The van der Waals surface area contributed by atoms with Crippen molar-refractivity contribution in [2.75, 3.05) is 13.1 Å². The van der Waals surface area contributed by atoms with Crippen LogP contribution in [0.5, 0.6) is 0 Å². The molecule has 0 N–H and O–H groups in total. The van der Waals surface area contributed by atoms with Gasteiger partial charge in [-0.25, -0.2) is 9.67 Å².